The standard InChI is InChI=1S/C13H22FN3/c1-6-13(2,3)17(5)12-11(14)10(9-15-4)7-8-16-12/h7-8,15H,6,9H2,1-5H3. The fourth-order valence-corrected chi connectivity index (χ4v) is 1.56. The van der Waals surface area contributed by atoms with Crippen LogP contribution in [0.5, 0.6) is 0 Å². The molecule has 4 heteroatoms. The van der Waals surface area contributed by atoms with Gasteiger partial charge in [-0.05, 0) is 33.4 Å². The van der Waals surface area contributed by atoms with Gasteiger partial charge in [-0.3, -0.25) is 0 Å². The highest BCUT2D eigenvalue weighted by molar-refractivity contribution is 5.44. The van der Waals surface area contributed by atoms with E-state index in [4.69, 9.17) is 0 Å². The van der Waals surface area contributed by atoms with E-state index in [2.05, 4.69) is 31.1 Å². The van der Waals surface area contributed by atoms with Gasteiger partial charge in [0.1, 0.15) is 0 Å². The van der Waals surface area contributed by atoms with Gasteiger partial charge in [0.05, 0.1) is 0 Å². The van der Waals surface area contributed by atoms with Crippen molar-refractivity contribution in [3.8, 4) is 0 Å². The van der Waals surface area contributed by atoms with Gasteiger partial charge in [-0.1, -0.05) is 6.92 Å². The molecule has 0 radical (unpaired) electrons. The molecule has 0 aliphatic rings. The first-order chi connectivity index (χ1) is 7.94. The molecule has 0 bridgehead atoms. The molecule has 96 valence electrons. The van der Waals surface area contributed by atoms with Crippen LogP contribution < -0.4 is 10.2 Å². The number of hydrogen-bond acceptors (Lipinski definition) is 3. The highest BCUT2D eigenvalue weighted by atomic mass is 19.1. The van der Waals surface area contributed by atoms with Crippen LogP contribution in [0.25, 0.3) is 0 Å². The SMILES string of the molecule is CCC(C)(C)N(C)c1nccc(CNC)c1F. The molecular weight excluding hydrogens is 217 g/mol. The minimum absolute atomic E-state index is 0.105. The fourth-order valence-electron chi connectivity index (χ4n) is 1.56. The van der Waals surface area contributed by atoms with Crippen LogP contribution in [-0.2, 0) is 6.54 Å². The van der Waals surface area contributed by atoms with E-state index in [1.807, 2.05) is 11.9 Å². The summed E-state index contributed by atoms with van der Waals surface area (Å²) in [6, 6.07) is 1.71. The van der Waals surface area contributed by atoms with Crippen molar-refractivity contribution < 1.29 is 4.39 Å². The predicted molar refractivity (Wildman–Crippen MR) is 69.7 cm³/mol. The lowest BCUT2D eigenvalue weighted by atomic mass is 10.00. The normalized spacial score (nSPS) is 11.6. The molecule has 0 aliphatic heterocycles. The molecule has 0 spiro atoms. The van der Waals surface area contributed by atoms with Crippen LogP contribution in [-0.4, -0.2) is 24.6 Å². The summed E-state index contributed by atoms with van der Waals surface area (Å²) in [5.74, 6) is 0.190. The smallest absolute Gasteiger partial charge is 0.170 e. The lowest BCUT2D eigenvalue weighted by Crippen LogP contribution is -2.41. The van der Waals surface area contributed by atoms with Crippen molar-refractivity contribution in [1.82, 2.24) is 10.3 Å². The van der Waals surface area contributed by atoms with Crippen LogP contribution in [0.1, 0.15) is 32.8 Å². The summed E-state index contributed by atoms with van der Waals surface area (Å²) >= 11 is 0. The third-order valence-corrected chi connectivity index (χ3v) is 3.41. The second-order valence-corrected chi connectivity index (χ2v) is 4.86. The summed E-state index contributed by atoms with van der Waals surface area (Å²) in [4.78, 5) is 6.06. The molecule has 3 nitrogen and oxygen atoms in total. The largest absolute Gasteiger partial charge is 0.352 e. The Kier molecular flexibility index (Phi) is 4.46. The Hall–Kier alpha value is -1.16. The van der Waals surface area contributed by atoms with Gasteiger partial charge in [-0.15, -0.1) is 0 Å². The van der Waals surface area contributed by atoms with Gasteiger partial charge in [0.2, 0.25) is 0 Å². The van der Waals surface area contributed by atoms with Crippen molar-refractivity contribution in [3.05, 3.63) is 23.6 Å². The number of pyridine rings is 1. The number of halogens is 1. The van der Waals surface area contributed by atoms with E-state index in [1.54, 1.807) is 19.3 Å². The van der Waals surface area contributed by atoms with Gasteiger partial charge in [0, 0.05) is 30.9 Å². The Morgan fingerprint density at radius 3 is 2.65 bits per heavy atom. The second-order valence-electron chi connectivity index (χ2n) is 4.86. The molecule has 0 aromatic carbocycles. The maximum absolute atomic E-state index is 14.2. The summed E-state index contributed by atoms with van der Waals surface area (Å²) in [6.07, 6.45) is 2.59. The van der Waals surface area contributed by atoms with E-state index >= 15 is 0 Å². The highest BCUT2D eigenvalue weighted by Crippen LogP contribution is 2.26. The molecule has 1 aromatic heterocycles. The number of anilines is 1. The summed E-state index contributed by atoms with van der Waals surface area (Å²) in [5, 5.41) is 2.96. The quantitative estimate of drug-likeness (QED) is 0.856. The molecule has 0 atom stereocenters. The van der Waals surface area contributed by atoms with E-state index in [1.165, 1.54) is 0 Å². The molecule has 0 amide bonds. The minimum Gasteiger partial charge on any atom is -0.352 e. The van der Waals surface area contributed by atoms with Crippen molar-refractivity contribution in [2.24, 2.45) is 0 Å². The average molecular weight is 239 g/mol. The van der Waals surface area contributed by atoms with Crippen LogP contribution in [0, 0.1) is 5.82 Å². The zero-order chi connectivity index (χ0) is 13.1. The Morgan fingerprint density at radius 1 is 1.47 bits per heavy atom. The van der Waals surface area contributed by atoms with E-state index in [0.29, 0.717) is 17.9 Å². The van der Waals surface area contributed by atoms with Crippen molar-refractivity contribution in [2.75, 3.05) is 19.0 Å². The number of hydrogen-bond donors (Lipinski definition) is 1. The molecule has 1 heterocycles. The maximum Gasteiger partial charge on any atom is 0.170 e. The predicted octanol–water partition coefficient (Wildman–Crippen LogP) is 2.56. The summed E-state index contributed by atoms with van der Waals surface area (Å²) < 4.78 is 14.2. The molecule has 0 saturated heterocycles. The molecule has 0 unspecified atom stereocenters. The van der Waals surface area contributed by atoms with Crippen LogP contribution in [0.3, 0.4) is 0 Å². The summed E-state index contributed by atoms with van der Waals surface area (Å²) in [7, 11) is 3.69. The molecule has 1 rings (SSSR count). The Morgan fingerprint density at radius 2 is 2.12 bits per heavy atom. The lowest BCUT2D eigenvalue weighted by molar-refractivity contribution is 0.456. The van der Waals surface area contributed by atoms with Crippen LogP contribution >= 0.6 is 0 Å². The first-order valence-electron chi connectivity index (χ1n) is 5.95. The minimum atomic E-state index is -0.231. The molecule has 17 heavy (non-hydrogen) atoms. The van der Waals surface area contributed by atoms with Crippen LogP contribution in [0.15, 0.2) is 12.3 Å². The average Bonchev–Trinajstić information content (AvgIpc) is 2.31. The topological polar surface area (TPSA) is 28.2 Å². The summed E-state index contributed by atoms with van der Waals surface area (Å²) in [5.41, 5.74) is 0.544. The Bertz CT molecular complexity index is 377. The first kappa shape index (κ1) is 13.9. The third-order valence-electron chi connectivity index (χ3n) is 3.41. The van der Waals surface area contributed by atoms with E-state index in [-0.39, 0.29) is 11.4 Å². The number of rotatable bonds is 5. The van der Waals surface area contributed by atoms with E-state index in [0.717, 1.165) is 6.42 Å². The van der Waals surface area contributed by atoms with Gasteiger partial charge in [-0.2, -0.15) is 0 Å². The summed E-state index contributed by atoms with van der Waals surface area (Å²) in [6.45, 7) is 6.77. The zero-order valence-electron chi connectivity index (χ0n) is 11.3. The molecule has 1 N–H and O–H groups in total. The number of nitrogens with zero attached hydrogens (tertiary/aromatic N) is 2. The Balaban J connectivity index is 3.10. The van der Waals surface area contributed by atoms with E-state index < -0.39 is 0 Å². The Labute approximate surface area is 103 Å². The zero-order valence-corrected chi connectivity index (χ0v) is 11.3. The first-order valence-corrected chi connectivity index (χ1v) is 5.95. The molecular formula is C13H22FN3. The molecule has 0 aliphatic carbocycles. The highest BCUT2D eigenvalue weighted by Gasteiger charge is 2.25. The fraction of sp³-hybridized carbons (Fsp3) is 0.615. The molecule has 1 aromatic rings. The van der Waals surface area contributed by atoms with Gasteiger partial charge in [-0.25, -0.2) is 9.37 Å². The van der Waals surface area contributed by atoms with Crippen molar-refractivity contribution in [1.29, 1.82) is 0 Å². The second kappa shape index (κ2) is 5.45. The van der Waals surface area contributed by atoms with Crippen molar-refractivity contribution in [3.63, 3.8) is 0 Å². The van der Waals surface area contributed by atoms with E-state index in [9.17, 15) is 4.39 Å². The van der Waals surface area contributed by atoms with Gasteiger partial charge >= 0.3 is 0 Å². The monoisotopic (exact) mass is 239 g/mol. The van der Waals surface area contributed by atoms with Crippen LogP contribution in [0.4, 0.5) is 10.2 Å². The number of nitrogens with one attached hydrogen (secondary N) is 1. The third kappa shape index (κ3) is 2.94. The molecule has 0 saturated carbocycles. The molecule has 0 fully saturated rings. The van der Waals surface area contributed by atoms with Gasteiger partial charge in [0.25, 0.3) is 0 Å². The van der Waals surface area contributed by atoms with Crippen molar-refractivity contribution >= 4 is 5.82 Å². The lowest BCUT2D eigenvalue weighted by Gasteiger charge is -2.36. The maximum atomic E-state index is 14.2. The van der Waals surface area contributed by atoms with Gasteiger partial charge in [0.15, 0.2) is 11.6 Å². The van der Waals surface area contributed by atoms with Crippen LogP contribution in [0.2, 0.25) is 0 Å². The van der Waals surface area contributed by atoms with Crippen molar-refractivity contribution in [2.45, 2.75) is 39.3 Å². The number of aromatic nitrogens is 1. The van der Waals surface area contributed by atoms with Gasteiger partial charge < -0.3 is 10.2 Å².